The number of aromatic carboxylic acids is 1. The lowest BCUT2D eigenvalue weighted by molar-refractivity contribution is 0.0699. The zero-order valence-electron chi connectivity index (χ0n) is 10.9. The third-order valence-electron chi connectivity index (χ3n) is 3.08. The summed E-state index contributed by atoms with van der Waals surface area (Å²) in [5, 5.41) is 14.3. The normalized spacial score (nSPS) is 12.1. The van der Waals surface area contributed by atoms with Gasteiger partial charge in [-0.15, -0.1) is 6.58 Å². The molecule has 2 aromatic rings. The maximum absolute atomic E-state index is 11.2. The molecule has 98 valence electrons. The molecule has 0 amide bonds. The van der Waals surface area contributed by atoms with Crippen molar-refractivity contribution in [3.8, 4) is 0 Å². The molecule has 0 aromatic heterocycles. The molecule has 0 bridgehead atoms. The monoisotopic (exact) mass is 255 g/mol. The van der Waals surface area contributed by atoms with Crippen molar-refractivity contribution in [1.29, 1.82) is 0 Å². The van der Waals surface area contributed by atoms with Gasteiger partial charge in [-0.25, -0.2) is 4.79 Å². The van der Waals surface area contributed by atoms with Gasteiger partial charge in [0.05, 0.1) is 5.56 Å². The summed E-state index contributed by atoms with van der Waals surface area (Å²) in [6.45, 7) is 5.80. The minimum absolute atomic E-state index is 0.261. The molecule has 1 unspecified atom stereocenters. The highest BCUT2D eigenvalue weighted by atomic mass is 16.4. The number of nitrogens with one attached hydrogen (secondary N) is 1. The highest BCUT2D eigenvalue weighted by Gasteiger charge is 2.11. The van der Waals surface area contributed by atoms with E-state index in [-0.39, 0.29) is 6.04 Å². The molecule has 0 aliphatic heterocycles. The average Bonchev–Trinajstić information content (AvgIpc) is 2.39. The molecule has 3 nitrogen and oxygen atoms in total. The molecule has 0 saturated carbocycles. The molecule has 0 fully saturated rings. The fraction of sp³-hybridized carbons (Fsp3) is 0.188. The van der Waals surface area contributed by atoms with Crippen LogP contribution >= 0.6 is 0 Å². The Balaban J connectivity index is 2.49. The van der Waals surface area contributed by atoms with Crippen LogP contribution in [-0.2, 0) is 0 Å². The number of carbonyl (C=O) groups is 1. The van der Waals surface area contributed by atoms with Crippen LogP contribution < -0.4 is 5.32 Å². The Labute approximate surface area is 112 Å². The summed E-state index contributed by atoms with van der Waals surface area (Å²) >= 11 is 0. The lowest BCUT2D eigenvalue weighted by atomic mass is 10.0. The summed E-state index contributed by atoms with van der Waals surface area (Å²) < 4.78 is 0. The van der Waals surface area contributed by atoms with Gasteiger partial charge in [-0.05, 0) is 30.9 Å². The van der Waals surface area contributed by atoms with Gasteiger partial charge in [-0.3, -0.25) is 0 Å². The first-order valence-electron chi connectivity index (χ1n) is 6.26. The Morgan fingerprint density at radius 1 is 1.32 bits per heavy atom. The molecule has 3 heteroatoms. The van der Waals surface area contributed by atoms with Crippen LogP contribution in [0.25, 0.3) is 10.8 Å². The van der Waals surface area contributed by atoms with E-state index in [9.17, 15) is 9.90 Å². The third kappa shape index (κ3) is 2.76. The molecule has 0 aliphatic rings. The summed E-state index contributed by atoms with van der Waals surface area (Å²) in [7, 11) is 0. The highest BCUT2D eigenvalue weighted by Crippen LogP contribution is 2.27. The van der Waals surface area contributed by atoms with Crippen LogP contribution in [0.5, 0.6) is 0 Å². The first-order valence-corrected chi connectivity index (χ1v) is 6.26. The summed E-state index contributed by atoms with van der Waals surface area (Å²) in [5.41, 5.74) is 1.28. The fourth-order valence-electron chi connectivity index (χ4n) is 2.19. The van der Waals surface area contributed by atoms with E-state index >= 15 is 0 Å². The first-order chi connectivity index (χ1) is 9.13. The van der Waals surface area contributed by atoms with E-state index in [1.807, 2.05) is 36.4 Å². The van der Waals surface area contributed by atoms with E-state index < -0.39 is 5.97 Å². The van der Waals surface area contributed by atoms with E-state index in [1.165, 1.54) is 0 Å². The van der Waals surface area contributed by atoms with Crippen LogP contribution in [0.15, 0.2) is 49.1 Å². The van der Waals surface area contributed by atoms with Crippen LogP contribution in [0, 0.1) is 0 Å². The summed E-state index contributed by atoms with van der Waals surface area (Å²) in [6.07, 6.45) is 2.72. The fourth-order valence-corrected chi connectivity index (χ4v) is 2.19. The van der Waals surface area contributed by atoms with Crippen LogP contribution in [0.3, 0.4) is 0 Å². The molecule has 19 heavy (non-hydrogen) atoms. The van der Waals surface area contributed by atoms with Gasteiger partial charge in [0, 0.05) is 17.1 Å². The Morgan fingerprint density at radius 2 is 2.00 bits per heavy atom. The Bertz CT molecular complexity index is 619. The van der Waals surface area contributed by atoms with Crippen molar-refractivity contribution in [2.24, 2.45) is 0 Å². The molecule has 2 N–H and O–H groups in total. The molecule has 0 radical (unpaired) electrons. The van der Waals surface area contributed by atoms with Crippen molar-refractivity contribution in [2.75, 3.05) is 5.32 Å². The number of rotatable bonds is 5. The second kappa shape index (κ2) is 5.57. The van der Waals surface area contributed by atoms with E-state index in [0.29, 0.717) is 5.56 Å². The molecular formula is C16H17NO2. The number of carboxylic acid groups (broad SMARTS) is 1. The van der Waals surface area contributed by atoms with Crippen LogP contribution in [-0.4, -0.2) is 17.1 Å². The smallest absolute Gasteiger partial charge is 0.336 e. The minimum atomic E-state index is -0.901. The van der Waals surface area contributed by atoms with Crippen LogP contribution in [0.4, 0.5) is 5.69 Å². The SMILES string of the molecule is C=CCC(C)Nc1ccc(C(=O)O)c2ccccc12. The Kier molecular flexibility index (Phi) is 3.85. The maximum Gasteiger partial charge on any atom is 0.336 e. The number of hydrogen-bond donors (Lipinski definition) is 2. The first kappa shape index (κ1) is 13.1. The topological polar surface area (TPSA) is 49.3 Å². The third-order valence-corrected chi connectivity index (χ3v) is 3.08. The molecular weight excluding hydrogens is 238 g/mol. The quantitative estimate of drug-likeness (QED) is 0.796. The number of hydrogen-bond acceptors (Lipinski definition) is 2. The molecule has 0 aliphatic carbocycles. The number of fused-ring (bicyclic) bond motifs is 1. The lowest BCUT2D eigenvalue weighted by Crippen LogP contribution is -2.14. The van der Waals surface area contributed by atoms with Gasteiger partial charge in [-0.1, -0.05) is 30.3 Å². The number of carboxylic acids is 1. The van der Waals surface area contributed by atoms with E-state index in [2.05, 4.69) is 18.8 Å². The zero-order valence-corrected chi connectivity index (χ0v) is 10.9. The molecule has 2 aromatic carbocycles. The summed E-state index contributed by atoms with van der Waals surface area (Å²) in [6, 6.07) is 11.3. The van der Waals surface area contributed by atoms with Crippen molar-refractivity contribution >= 4 is 22.4 Å². The number of benzene rings is 2. The predicted molar refractivity (Wildman–Crippen MR) is 78.8 cm³/mol. The molecule has 0 spiro atoms. The van der Waals surface area contributed by atoms with Crippen molar-refractivity contribution in [3.05, 3.63) is 54.6 Å². The second-order valence-electron chi connectivity index (χ2n) is 4.58. The van der Waals surface area contributed by atoms with Crippen molar-refractivity contribution < 1.29 is 9.90 Å². The van der Waals surface area contributed by atoms with Crippen LogP contribution in [0.1, 0.15) is 23.7 Å². The zero-order chi connectivity index (χ0) is 13.8. The van der Waals surface area contributed by atoms with Gasteiger partial charge < -0.3 is 10.4 Å². The molecule has 0 saturated heterocycles. The summed E-state index contributed by atoms with van der Waals surface area (Å²) in [4.78, 5) is 11.2. The van der Waals surface area contributed by atoms with Crippen molar-refractivity contribution in [1.82, 2.24) is 0 Å². The van der Waals surface area contributed by atoms with Gasteiger partial charge >= 0.3 is 5.97 Å². The Morgan fingerprint density at radius 3 is 2.63 bits per heavy atom. The largest absolute Gasteiger partial charge is 0.478 e. The standard InChI is InChI=1S/C16H17NO2/c1-3-6-11(2)17-15-10-9-14(16(18)19)12-7-4-5-8-13(12)15/h3-5,7-11,17H,1,6H2,2H3,(H,18,19). The lowest BCUT2D eigenvalue weighted by Gasteiger charge is -2.16. The molecule has 2 rings (SSSR count). The predicted octanol–water partition coefficient (Wildman–Crippen LogP) is 3.91. The number of anilines is 1. The Hall–Kier alpha value is -2.29. The highest BCUT2D eigenvalue weighted by molar-refractivity contribution is 6.07. The van der Waals surface area contributed by atoms with Crippen LogP contribution in [0.2, 0.25) is 0 Å². The van der Waals surface area contributed by atoms with Gasteiger partial charge in [0.25, 0.3) is 0 Å². The second-order valence-corrected chi connectivity index (χ2v) is 4.58. The maximum atomic E-state index is 11.2. The van der Waals surface area contributed by atoms with Gasteiger partial charge in [0.15, 0.2) is 0 Å². The van der Waals surface area contributed by atoms with Crippen molar-refractivity contribution in [2.45, 2.75) is 19.4 Å². The van der Waals surface area contributed by atoms with Gasteiger partial charge in [-0.2, -0.15) is 0 Å². The molecule has 1 atom stereocenters. The van der Waals surface area contributed by atoms with Gasteiger partial charge in [0.2, 0.25) is 0 Å². The van der Waals surface area contributed by atoms with E-state index in [0.717, 1.165) is 22.9 Å². The molecule has 0 heterocycles. The van der Waals surface area contributed by atoms with Gasteiger partial charge in [0.1, 0.15) is 0 Å². The van der Waals surface area contributed by atoms with Crippen molar-refractivity contribution in [3.63, 3.8) is 0 Å². The van der Waals surface area contributed by atoms with E-state index in [4.69, 9.17) is 0 Å². The summed E-state index contributed by atoms with van der Waals surface area (Å²) in [5.74, 6) is -0.901. The van der Waals surface area contributed by atoms with E-state index in [1.54, 1.807) is 6.07 Å². The minimum Gasteiger partial charge on any atom is -0.478 e. The average molecular weight is 255 g/mol.